The van der Waals surface area contributed by atoms with Crippen LogP contribution in [0.15, 0.2) is 28.2 Å². The molecule has 0 saturated carbocycles. The molecule has 0 fully saturated rings. The molecule has 0 bridgehead atoms. The molecule has 0 saturated heterocycles. The van der Waals surface area contributed by atoms with Gasteiger partial charge >= 0.3 is 0 Å². The highest BCUT2D eigenvalue weighted by Crippen LogP contribution is 2.31. The van der Waals surface area contributed by atoms with Crippen molar-refractivity contribution in [2.45, 2.75) is 25.4 Å². The molecule has 24 heavy (non-hydrogen) atoms. The number of fused-ring (bicyclic) bond motifs is 1. The van der Waals surface area contributed by atoms with Gasteiger partial charge in [-0.1, -0.05) is 18.7 Å². The van der Waals surface area contributed by atoms with E-state index in [0.717, 1.165) is 0 Å². The zero-order valence-corrected chi connectivity index (χ0v) is 14.4. The number of carbonyl (C=O) groups excluding carboxylic acids is 1. The van der Waals surface area contributed by atoms with E-state index in [1.165, 1.54) is 11.8 Å². The minimum absolute atomic E-state index is 0.0585. The van der Waals surface area contributed by atoms with Crippen LogP contribution in [-0.2, 0) is 6.42 Å². The van der Waals surface area contributed by atoms with Crippen molar-refractivity contribution in [3.05, 3.63) is 45.4 Å². The first-order chi connectivity index (χ1) is 11.6. The lowest BCUT2D eigenvalue weighted by Gasteiger charge is -2.18. The predicted octanol–water partition coefficient (Wildman–Crippen LogP) is 2.39. The number of H-pyrrole nitrogens is 1. The number of thioether (sulfide) groups is 1. The van der Waals surface area contributed by atoms with E-state index in [2.05, 4.69) is 9.97 Å². The molecule has 7 heteroatoms. The third-order valence-corrected chi connectivity index (χ3v) is 4.63. The number of hydrogen-bond acceptors (Lipinski definition) is 6. The van der Waals surface area contributed by atoms with Gasteiger partial charge in [0.15, 0.2) is 22.4 Å². The SMILES string of the molecule is CCc1c(C)nc(SCC(=O)c2ccc3c(c2)OCCO3)[nH]c1=O. The van der Waals surface area contributed by atoms with Gasteiger partial charge in [-0.05, 0) is 31.5 Å². The molecule has 126 valence electrons. The van der Waals surface area contributed by atoms with Crippen molar-refractivity contribution in [1.82, 2.24) is 9.97 Å². The summed E-state index contributed by atoms with van der Waals surface area (Å²) in [5, 5.41) is 0.459. The Hall–Kier alpha value is -2.28. The summed E-state index contributed by atoms with van der Waals surface area (Å²) in [6, 6.07) is 5.16. The van der Waals surface area contributed by atoms with Crippen molar-refractivity contribution in [2.24, 2.45) is 0 Å². The molecular formula is C17H18N2O4S. The van der Waals surface area contributed by atoms with Gasteiger partial charge in [0.05, 0.1) is 5.75 Å². The lowest BCUT2D eigenvalue weighted by molar-refractivity contribution is 0.102. The van der Waals surface area contributed by atoms with Gasteiger partial charge in [0, 0.05) is 16.8 Å². The number of aryl methyl sites for hydroxylation is 1. The summed E-state index contributed by atoms with van der Waals surface area (Å²) < 4.78 is 10.9. The number of ether oxygens (including phenoxy) is 2. The number of aromatic nitrogens is 2. The molecule has 1 aromatic heterocycles. The molecule has 1 aromatic carbocycles. The molecule has 0 atom stereocenters. The Balaban J connectivity index is 1.71. The predicted molar refractivity (Wildman–Crippen MR) is 91.5 cm³/mol. The molecule has 0 amide bonds. The summed E-state index contributed by atoms with van der Waals surface area (Å²) in [5.41, 5.74) is 1.79. The summed E-state index contributed by atoms with van der Waals surface area (Å²) in [6.07, 6.45) is 0.634. The van der Waals surface area contributed by atoms with E-state index in [9.17, 15) is 9.59 Å². The van der Waals surface area contributed by atoms with Crippen molar-refractivity contribution in [3.63, 3.8) is 0 Å². The molecule has 0 radical (unpaired) electrons. The summed E-state index contributed by atoms with van der Waals surface area (Å²) >= 11 is 1.22. The van der Waals surface area contributed by atoms with Crippen LogP contribution in [0.25, 0.3) is 0 Å². The quantitative estimate of drug-likeness (QED) is 0.509. The fourth-order valence-electron chi connectivity index (χ4n) is 2.50. The molecule has 1 aliphatic heterocycles. The van der Waals surface area contributed by atoms with Gasteiger partial charge in [0.1, 0.15) is 13.2 Å². The lowest BCUT2D eigenvalue weighted by Crippen LogP contribution is -2.17. The van der Waals surface area contributed by atoms with Crippen LogP contribution in [-0.4, -0.2) is 34.7 Å². The van der Waals surface area contributed by atoms with Crippen LogP contribution in [0.3, 0.4) is 0 Å². The third-order valence-electron chi connectivity index (χ3n) is 3.76. The number of nitrogens with one attached hydrogen (secondary N) is 1. The van der Waals surface area contributed by atoms with Gasteiger partial charge in [0.2, 0.25) is 0 Å². The van der Waals surface area contributed by atoms with Crippen LogP contribution in [0.2, 0.25) is 0 Å². The molecule has 1 aliphatic rings. The van der Waals surface area contributed by atoms with Crippen LogP contribution >= 0.6 is 11.8 Å². The summed E-state index contributed by atoms with van der Waals surface area (Å²) in [5.74, 6) is 1.37. The molecule has 2 aromatic rings. The van der Waals surface area contributed by atoms with Gasteiger partial charge in [-0.25, -0.2) is 4.98 Å². The average molecular weight is 346 g/mol. The molecule has 0 unspecified atom stereocenters. The minimum Gasteiger partial charge on any atom is -0.486 e. The first-order valence-electron chi connectivity index (χ1n) is 7.74. The van der Waals surface area contributed by atoms with Crippen LogP contribution in [0, 0.1) is 6.92 Å². The van der Waals surface area contributed by atoms with Crippen LogP contribution in [0.1, 0.15) is 28.5 Å². The van der Waals surface area contributed by atoms with E-state index < -0.39 is 0 Å². The number of benzene rings is 1. The molecule has 0 aliphatic carbocycles. The smallest absolute Gasteiger partial charge is 0.254 e. The fraction of sp³-hybridized carbons (Fsp3) is 0.353. The average Bonchev–Trinajstić information content (AvgIpc) is 2.59. The highest BCUT2D eigenvalue weighted by atomic mass is 32.2. The zero-order chi connectivity index (χ0) is 17.1. The summed E-state index contributed by atoms with van der Waals surface area (Å²) in [6.45, 7) is 4.72. The van der Waals surface area contributed by atoms with Gasteiger partial charge in [0.25, 0.3) is 5.56 Å². The van der Waals surface area contributed by atoms with E-state index in [4.69, 9.17) is 9.47 Å². The normalized spacial score (nSPS) is 12.9. The second-order valence-electron chi connectivity index (χ2n) is 5.36. The van der Waals surface area contributed by atoms with Gasteiger partial charge in [-0.15, -0.1) is 0 Å². The Morgan fingerprint density at radius 1 is 1.29 bits per heavy atom. The van der Waals surface area contributed by atoms with Gasteiger partial charge in [-0.3, -0.25) is 9.59 Å². The van der Waals surface area contributed by atoms with Crippen molar-refractivity contribution in [3.8, 4) is 11.5 Å². The number of Topliss-reactive ketones (excluding diaryl/α,β-unsaturated/α-hetero) is 1. The topological polar surface area (TPSA) is 81.3 Å². The Kier molecular flexibility index (Phi) is 4.89. The number of nitrogens with zero attached hydrogens (tertiary/aromatic N) is 1. The summed E-state index contributed by atoms with van der Waals surface area (Å²) in [4.78, 5) is 31.4. The van der Waals surface area contributed by atoms with E-state index in [0.29, 0.717) is 53.1 Å². The zero-order valence-electron chi connectivity index (χ0n) is 13.5. The Labute approximate surface area is 143 Å². The summed E-state index contributed by atoms with van der Waals surface area (Å²) in [7, 11) is 0. The molecule has 2 heterocycles. The maximum absolute atomic E-state index is 12.4. The fourth-order valence-corrected chi connectivity index (χ4v) is 3.30. The Morgan fingerprint density at radius 3 is 2.75 bits per heavy atom. The number of ketones is 1. The van der Waals surface area contributed by atoms with Gasteiger partial charge in [-0.2, -0.15) is 0 Å². The number of carbonyl (C=O) groups is 1. The van der Waals surface area contributed by atoms with Crippen molar-refractivity contribution >= 4 is 17.5 Å². The van der Waals surface area contributed by atoms with Crippen molar-refractivity contribution < 1.29 is 14.3 Å². The second-order valence-corrected chi connectivity index (χ2v) is 6.32. The largest absolute Gasteiger partial charge is 0.486 e. The monoisotopic (exact) mass is 346 g/mol. The van der Waals surface area contributed by atoms with Crippen LogP contribution < -0.4 is 15.0 Å². The minimum atomic E-state index is -0.140. The van der Waals surface area contributed by atoms with Crippen LogP contribution in [0.5, 0.6) is 11.5 Å². The standard InChI is InChI=1S/C17H18N2O4S/c1-3-12-10(2)18-17(19-16(12)21)24-9-13(20)11-4-5-14-15(8-11)23-7-6-22-14/h4-5,8H,3,6-7,9H2,1-2H3,(H,18,19,21). The Morgan fingerprint density at radius 2 is 2.04 bits per heavy atom. The first-order valence-corrected chi connectivity index (χ1v) is 8.72. The van der Waals surface area contributed by atoms with E-state index in [1.807, 2.05) is 6.92 Å². The molecular weight excluding hydrogens is 328 g/mol. The highest BCUT2D eigenvalue weighted by molar-refractivity contribution is 7.99. The van der Waals surface area contributed by atoms with E-state index in [1.54, 1.807) is 25.1 Å². The second kappa shape index (κ2) is 7.09. The third kappa shape index (κ3) is 3.46. The van der Waals surface area contributed by atoms with E-state index >= 15 is 0 Å². The van der Waals surface area contributed by atoms with Crippen LogP contribution in [0.4, 0.5) is 0 Å². The number of rotatable bonds is 5. The molecule has 6 nitrogen and oxygen atoms in total. The first kappa shape index (κ1) is 16.6. The Bertz CT molecular complexity index is 832. The number of hydrogen-bond donors (Lipinski definition) is 1. The molecule has 1 N–H and O–H groups in total. The maximum atomic E-state index is 12.4. The van der Waals surface area contributed by atoms with Crippen molar-refractivity contribution in [1.29, 1.82) is 0 Å². The number of aromatic amines is 1. The van der Waals surface area contributed by atoms with E-state index in [-0.39, 0.29) is 17.1 Å². The van der Waals surface area contributed by atoms with Crippen molar-refractivity contribution in [2.75, 3.05) is 19.0 Å². The maximum Gasteiger partial charge on any atom is 0.254 e. The van der Waals surface area contributed by atoms with Gasteiger partial charge < -0.3 is 14.5 Å². The molecule has 0 spiro atoms. The highest BCUT2D eigenvalue weighted by Gasteiger charge is 2.16. The molecule has 3 rings (SSSR count). The lowest BCUT2D eigenvalue weighted by atomic mass is 10.1.